The molecule has 1 heterocycles. The summed E-state index contributed by atoms with van der Waals surface area (Å²) in [5.41, 5.74) is 8.18. The zero-order valence-corrected chi connectivity index (χ0v) is 11.6. The van der Waals surface area contributed by atoms with Crippen LogP contribution in [0.3, 0.4) is 0 Å². The maximum Gasteiger partial charge on any atom is 0.130 e. The number of nitrogens with two attached hydrogens (primary N) is 1. The molecule has 4 heteroatoms. The van der Waals surface area contributed by atoms with Crippen LogP contribution in [0.2, 0.25) is 5.15 Å². The second-order valence-corrected chi connectivity index (χ2v) is 5.86. The van der Waals surface area contributed by atoms with E-state index in [1.54, 1.807) is 4.68 Å². The zero-order valence-electron chi connectivity index (χ0n) is 10.8. The Bertz CT molecular complexity index is 367. The van der Waals surface area contributed by atoms with E-state index < -0.39 is 0 Å². The fourth-order valence-electron chi connectivity index (χ4n) is 2.30. The number of aryl methyl sites for hydroxylation is 2. The van der Waals surface area contributed by atoms with E-state index in [4.69, 9.17) is 17.3 Å². The van der Waals surface area contributed by atoms with Crippen LogP contribution in [0.1, 0.15) is 38.4 Å². The summed E-state index contributed by atoms with van der Waals surface area (Å²) in [5, 5.41) is 5.07. The van der Waals surface area contributed by atoms with Gasteiger partial charge in [-0.05, 0) is 32.1 Å². The van der Waals surface area contributed by atoms with Gasteiger partial charge in [0.2, 0.25) is 0 Å². The molecule has 2 N–H and O–H groups in total. The lowest BCUT2D eigenvalue weighted by Crippen LogP contribution is -2.26. The van der Waals surface area contributed by atoms with Crippen LogP contribution in [0.25, 0.3) is 0 Å². The van der Waals surface area contributed by atoms with Gasteiger partial charge in [-0.2, -0.15) is 5.10 Å². The summed E-state index contributed by atoms with van der Waals surface area (Å²) in [6.45, 7) is 8.49. The standard InChI is InChI=1S/C12H22ClN3/c1-8(14)6-12(3,4)7-10-9(2)15-16(5)11(10)13/h8H,6-7,14H2,1-5H3. The smallest absolute Gasteiger partial charge is 0.130 e. The Hall–Kier alpha value is -0.540. The fourth-order valence-corrected chi connectivity index (χ4v) is 2.54. The maximum atomic E-state index is 6.23. The van der Waals surface area contributed by atoms with Crippen molar-refractivity contribution in [2.24, 2.45) is 18.2 Å². The van der Waals surface area contributed by atoms with Gasteiger partial charge in [0, 0.05) is 18.7 Å². The third kappa shape index (κ3) is 3.22. The van der Waals surface area contributed by atoms with Crippen LogP contribution in [0.15, 0.2) is 0 Å². The first-order valence-corrected chi connectivity index (χ1v) is 6.04. The lowest BCUT2D eigenvalue weighted by Gasteiger charge is -2.26. The summed E-state index contributed by atoms with van der Waals surface area (Å²) in [6.07, 6.45) is 1.91. The summed E-state index contributed by atoms with van der Waals surface area (Å²) in [5.74, 6) is 0. The van der Waals surface area contributed by atoms with Crippen molar-refractivity contribution in [2.45, 2.75) is 46.6 Å². The summed E-state index contributed by atoms with van der Waals surface area (Å²) in [4.78, 5) is 0. The summed E-state index contributed by atoms with van der Waals surface area (Å²) < 4.78 is 1.73. The van der Waals surface area contributed by atoms with Crippen molar-refractivity contribution in [1.82, 2.24) is 9.78 Å². The molecule has 0 aliphatic heterocycles. The quantitative estimate of drug-likeness (QED) is 0.884. The van der Waals surface area contributed by atoms with Crippen molar-refractivity contribution in [2.75, 3.05) is 0 Å². The van der Waals surface area contributed by atoms with E-state index in [1.165, 1.54) is 0 Å². The molecule has 16 heavy (non-hydrogen) atoms. The van der Waals surface area contributed by atoms with Gasteiger partial charge in [-0.3, -0.25) is 4.68 Å². The van der Waals surface area contributed by atoms with Crippen molar-refractivity contribution >= 4 is 11.6 Å². The molecule has 1 unspecified atom stereocenters. The van der Waals surface area contributed by atoms with Crippen LogP contribution >= 0.6 is 11.6 Å². The highest BCUT2D eigenvalue weighted by molar-refractivity contribution is 6.30. The molecule has 0 fully saturated rings. The Morgan fingerprint density at radius 1 is 1.50 bits per heavy atom. The summed E-state index contributed by atoms with van der Waals surface area (Å²) in [6, 6.07) is 0.214. The lowest BCUT2D eigenvalue weighted by molar-refractivity contribution is 0.309. The Labute approximate surface area is 103 Å². The molecule has 0 aliphatic rings. The topological polar surface area (TPSA) is 43.8 Å². The van der Waals surface area contributed by atoms with Crippen LogP contribution in [0.4, 0.5) is 0 Å². The van der Waals surface area contributed by atoms with E-state index in [0.717, 1.165) is 29.3 Å². The van der Waals surface area contributed by atoms with Crippen LogP contribution in [-0.4, -0.2) is 15.8 Å². The maximum absolute atomic E-state index is 6.23. The predicted molar refractivity (Wildman–Crippen MR) is 68.7 cm³/mol. The van der Waals surface area contributed by atoms with Crippen molar-refractivity contribution in [3.63, 3.8) is 0 Å². The molecule has 92 valence electrons. The number of hydrogen-bond donors (Lipinski definition) is 1. The predicted octanol–water partition coefficient (Wildman–Crippen LogP) is 2.69. The highest BCUT2D eigenvalue weighted by Crippen LogP contribution is 2.31. The zero-order chi connectivity index (χ0) is 12.5. The summed E-state index contributed by atoms with van der Waals surface area (Å²) in [7, 11) is 1.87. The first-order chi connectivity index (χ1) is 7.23. The molecule has 0 aliphatic carbocycles. The van der Waals surface area contributed by atoms with Gasteiger partial charge in [0.05, 0.1) is 5.69 Å². The van der Waals surface area contributed by atoms with Crippen molar-refractivity contribution < 1.29 is 0 Å². The molecular formula is C12H22ClN3. The average Bonchev–Trinajstić information content (AvgIpc) is 2.29. The van der Waals surface area contributed by atoms with Crippen LogP contribution < -0.4 is 5.73 Å². The molecule has 0 bridgehead atoms. The Morgan fingerprint density at radius 2 is 2.06 bits per heavy atom. The number of hydrogen-bond acceptors (Lipinski definition) is 2. The fraction of sp³-hybridized carbons (Fsp3) is 0.750. The van der Waals surface area contributed by atoms with E-state index in [0.29, 0.717) is 0 Å². The SMILES string of the molecule is Cc1nn(C)c(Cl)c1CC(C)(C)CC(C)N. The van der Waals surface area contributed by atoms with Gasteiger partial charge >= 0.3 is 0 Å². The minimum Gasteiger partial charge on any atom is -0.328 e. The van der Waals surface area contributed by atoms with Gasteiger partial charge in [-0.25, -0.2) is 0 Å². The normalized spacial score (nSPS) is 14.2. The molecule has 0 saturated heterocycles. The van der Waals surface area contributed by atoms with Gasteiger partial charge in [-0.15, -0.1) is 0 Å². The van der Waals surface area contributed by atoms with Crippen molar-refractivity contribution in [3.05, 3.63) is 16.4 Å². The van der Waals surface area contributed by atoms with Crippen molar-refractivity contribution in [1.29, 1.82) is 0 Å². The third-order valence-electron chi connectivity index (χ3n) is 2.80. The molecule has 0 spiro atoms. The van der Waals surface area contributed by atoms with Crippen LogP contribution in [0, 0.1) is 12.3 Å². The van der Waals surface area contributed by atoms with Gasteiger partial charge in [0.1, 0.15) is 5.15 Å². The number of aromatic nitrogens is 2. The molecule has 3 nitrogen and oxygen atoms in total. The second-order valence-electron chi connectivity index (χ2n) is 5.50. The second kappa shape index (κ2) is 4.76. The van der Waals surface area contributed by atoms with E-state index in [9.17, 15) is 0 Å². The van der Waals surface area contributed by atoms with Gasteiger partial charge in [0.15, 0.2) is 0 Å². The van der Waals surface area contributed by atoms with Gasteiger partial charge in [-0.1, -0.05) is 25.4 Å². The lowest BCUT2D eigenvalue weighted by atomic mass is 9.81. The third-order valence-corrected chi connectivity index (χ3v) is 3.27. The highest BCUT2D eigenvalue weighted by atomic mass is 35.5. The first kappa shape index (κ1) is 13.5. The largest absolute Gasteiger partial charge is 0.328 e. The van der Waals surface area contributed by atoms with E-state index in [1.807, 2.05) is 20.9 Å². The Morgan fingerprint density at radius 3 is 2.44 bits per heavy atom. The molecule has 1 aromatic rings. The molecule has 0 saturated carbocycles. The molecule has 1 rings (SSSR count). The van der Waals surface area contributed by atoms with E-state index in [2.05, 4.69) is 18.9 Å². The first-order valence-electron chi connectivity index (χ1n) is 5.66. The average molecular weight is 244 g/mol. The van der Waals surface area contributed by atoms with Gasteiger partial charge < -0.3 is 5.73 Å². The number of halogens is 1. The van der Waals surface area contributed by atoms with Gasteiger partial charge in [0.25, 0.3) is 0 Å². The molecule has 1 atom stereocenters. The van der Waals surface area contributed by atoms with Crippen LogP contribution in [0.5, 0.6) is 0 Å². The molecule has 0 amide bonds. The van der Waals surface area contributed by atoms with Crippen molar-refractivity contribution in [3.8, 4) is 0 Å². The van der Waals surface area contributed by atoms with E-state index in [-0.39, 0.29) is 11.5 Å². The minimum atomic E-state index is 0.158. The molecule has 0 aromatic carbocycles. The Kier molecular flexibility index (Phi) is 4.02. The van der Waals surface area contributed by atoms with Crippen LogP contribution in [-0.2, 0) is 13.5 Å². The summed E-state index contributed by atoms with van der Waals surface area (Å²) >= 11 is 6.23. The van der Waals surface area contributed by atoms with E-state index >= 15 is 0 Å². The molecule has 0 radical (unpaired) electrons. The highest BCUT2D eigenvalue weighted by Gasteiger charge is 2.24. The Balaban J connectivity index is 2.87. The monoisotopic (exact) mass is 243 g/mol. The minimum absolute atomic E-state index is 0.158. The molecular weight excluding hydrogens is 222 g/mol. The molecule has 1 aromatic heterocycles. The number of nitrogens with zero attached hydrogens (tertiary/aromatic N) is 2. The number of rotatable bonds is 4.